The van der Waals surface area contributed by atoms with Crippen LogP contribution in [-0.2, 0) is 11.3 Å². The topological polar surface area (TPSA) is 72.2 Å². The molecular formula is C12H12N2O3. The number of benzene rings is 1. The predicted octanol–water partition coefficient (Wildman–Crippen LogP) is 1.26. The molecule has 0 radical (unpaired) electrons. The Morgan fingerprint density at radius 3 is 2.88 bits per heavy atom. The minimum absolute atomic E-state index is 0.0426. The quantitative estimate of drug-likeness (QED) is 0.861. The summed E-state index contributed by atoms with van der Waals surface area (Å²) in [7, 11) is 0. The van der Waals surface area contributed by atoms with E-state index in [9.17, 15) is 9.59 Å². The van der Waals surface area contributed by atoms with Gasteiger partial charge in [-0.3, -0.25) is 9.59 Å². The number of aryl methyl sites for hydroxylation is 1. The lowest BCUT2D eigenvalue weighted by atomic mass is 10.2. The molecule has 0 bridgehead atoms. The Bertz CT molecular complexity index is 604. The summed E-state index contributed by atoms with van der Waals surface area (Å²) in [5.41, 5.74) is -0.173. The van der Waals surface area contributed by atoms with E-state index in [1.165, 1.54) is 4.68 Å². The van der Waals surface area contributed by atoms with E-state index in [1.807, 2.05) is 12.1 Å². The summed E-state index contributed by atoms with van der Waals surface area (Å²) >= 11 is 0. The molecule has 0 aliphatic heterocycles. The van der Waals surface area contributed by atoms with Gasteiger partial charge in [-0.25, -0.2) is 4.68 Å². The zero-order valence-electron chi connectivity index (χ0n) is 9.17. The Kier molecular flexibility index (Phi) is 3.18. The lowest BCUT2D eigenvalue weighted by Gasteiger charge is -2.04. The molecule has 0 saturated heterocycles. The highest BCUT2D eigenvalue weighted by atomic mass is 16.4. The maximum absolute atomic E-state index is 12.0. The van der Waals surface area contributed by atoms with Crippen molar-refractivity contribution in [3.8, 4) is 0 Å². The molecule has 1 aromatic carbocycles. The number of carboxylic acid groups (broad SMARTS) is 1. The number of carbonyl (C=O) groups is 1. The number of carboxylic acids is 1. The van der Waals surface area contributed by atoms with Crippen molar-refractivity contribution < 1.29 is 9.90 Å². The SMILES string of the molecule is O=C(O)CCCn1ncc2ccccc2c1=O. The highest BCUT2D eigenvalue weighted by molar-refractivity contribution is 5.80. The van der Waals surface area contributed by atoms with Crippen LogP contribution in [0.2, 0.25) is 0 Å². The van der Waals surface area contributed by atoms with E-state index in [-0.39, 0.29) is 12.0 Å². The van der Waals surface area contributed by atoms with Crippen molar-refractivity contribution in [1.29, 1.82) is 0 Å². The maximum Gasteiger partial charge on any atom is 0.303 e. The second-order valence-corrected chi connectivity index (χ2v) is 3.76. The van der Waals surface area contributed by atoms with Gasteiger partial charge in [-0.15, -0.1) is 0 Å². The molecule has 0 atom stereocenters. The molecule has 1 aromatic heterocycles. The Morgan fingerprint density at radius 2 is 2.12 bits per heavy atom. The third-order valence-electron chi connectivity index (χ3n) is 2.52. The lowest BCUT2D eigenvalue weighted by Crippen LogP contribution is -2.23. The van der Waals surface area contributed by atoms with Gasteiger partial charge in [0.2, 0.25) is 0 Å². The van der Waals surface area contributed by atoms with Crippen LogP contribution in [0.3, 0.4) is 0 Å². The van der Waals surface area contributed by atoms with Crippen molar-refractivity contribution in [3.05, 3.63) is 40.8 Å². The molecule has 1 heterocycles. The van der Waals surface area contributed by atoms with Crippen molar-refractivity contribution in [3.63, 3.8) is 0 Å². The van der Waals surface area contributed by atoms with Crippen molar-refractivity contribution >= 4 is 16.7 Å². The fourth-order valence-corrected chi connectivity index (χ4v) is 1.67. The van der Waals surface area contributed by atoms with Gasteiger partial charge in [0.15, 0.2) is 0 Å². The van der Waals surface area contributed by atoms with Crippen LogP contribution in [0.15, 0.2) is 35.3 Å². The first-order valence-electron chi connectivity index (χ1n) is 5.35. The number of hydrogen-bond donors (Lipinski definition) is 1. The molecule has 2 rings (SSSR count). The van der Waals surface area contributed by atoms with Crippen LogP contribution in [0.25, 0.3) is 10.8 Å². The Balaban J connectivity index is 2.27. The zero-order valence-corrected chi connectivity index (χ0v) is 9.17. The molecule has 88 valence electrons. The summed E-state index contributed by atoms with van der Waals surface area (Å²) in [4.78, 5) is 22.3. The molecule has 0 saturated carbocycles. The highest BCUT2D eigenvalue weighted by Gasteiger charge is 2.04. The second kappa shape index (κ2) is 4.78. The van der Waals surface area contributed by atoms with E-state index in [4.69, 9.17) is 5.11 Å². The van der Waals surface area contributed by atoms with Gasteiger partial charge in [0.05, 0.1) is 11.6 Å². The van der Waals surface area contributed by atoms with E-state index >= 15 is 0 Å². The summed E-state index contributed by atoms with van der Waals surface area (Å²) in [5.74, 6) is -0.862. The van der Waals surface area contributed by atoms with Crippen molar-refractivity contribution in [2.24, 2.45) is 0 Å². The number of hydrogen-bond acceptors (Lipinski definition) is 3. The molecule has 1 N–H and O–H groups in total. The monoisotopic (exact) mass is 232 g/mol. The zero-order chi connectivity index (χ0) is 12.3. The first kappa shape index (κ1) is 11.3. The average molecular weight is 232 g/mol. The largest absolute Gasteiger partial charge is 0.481 e. The van der Waals surface area contributed by atoms with Crippen LogP contribution >= 0.6 is 0 Å². The van der Waals surface area contributed by atoms with Crippen molar-refractivity contribution in [2.75, 3.05) is 0 Å². The van der Waals surface area contributed by atoms with Crippen LogP contribution < -0.4 is 5.56 Å². The molecule has 0 unspecified atom stereocenters. The van der Waals surface area contributed by atoms with Crippen LogP contribution in [0, 0.1) is 0 Å². The van der Waals surface area contributed by atoms with Gasteiger partial charge in [0, 0.05) is 18.4 Å². The van der Waals surface area contributed by atoms with E-state index < -0.39 is 5.97 Å². The molecule has 0 fully saturated rings. The number of aliphatic carboxylic acids is 1. The number of aromatic nitrogens is 2. The molecule has 0 spiro atoms. The highest BCUT2D eigenvalue weighted by Crippen LogP contribution is 2.06. The first-order valence-corrected chi connectivity index (χ1v) is 5.35. The molecule has 2 aromatic rings. The normalized spacial score (nSPS) is 10.6. The van der Waals surface area contributed by atoms with Gasteiger partial charge in [-0.05, 0) is 12.5 Å². The summed E-state index contributed by atoms with van der Waals surface area (Å²) in [6.07, 6.45) is 2.07. The minimum Gasteiger partial charge on any atom is -0.481 e. The summed E-state index contributed by atoms with van der Waals surface area (Å²) in [6, 6.07) is 7.21. The van der Waals surface area contributed by atoms with Crippen LogP contribution in [-0.4, -0.2) is 20.9 Å². The van der Waals surface area contributed by atoms with Crippen molar-refractivity contribution in [1.82, 2.24) is 9.78 Å². The minimum atomic E-state index is -0.862. The summed E-state index contributed by atoms with van der Waals surface area (Å²) in [6.45, 7) is 0.329. The van der Waals surface area contributed by atoms with Crippen LogP contribution in [0.4, 0.5) is 0 Å². The smallest absolute Gasteiger partial charge is 0.303 e. The molecule has 5 nitrogen and oxygen atoms in total. The summed E-state index contributed by atoms with van der Waals surface area (Å²) < 4.78 is 1.31. The molecule has 0 amide bonds. The Labute approximate surface area is 97.3 Å². The lowest BCUT2D eigenvalue weighted by molar-refractivity contribution is -0.137. The second-order valence-electron chi connectivity index (χ2n) is 3.76. The number of nitrogens with zero attached hydrogens (tertiary/aromatic N) is 2. The van der Waals surface area contributed by atoms with Gasteiger partial charge < -0.3 is 5.11 Å². The fourth-order valence-electron chi connectivity index (χ4n) is 1.67. The van der Waals surface area contributed by atoms with E-state index in [2.05, 4.69) is 5.10 Å². The van der Waals surface area contributed by atoms with Gasteiger partial charge in [0.25, 0.3) is 5.56 Å². The van der Waals surface area contributed by atoms with E-state index in [0.717, 1.165) is 5.39 Å². The summed E-state index contributed by atoms with van der Waals surface area (Å²) in [5, 5.41) is 13.9. The molecule has 5 heteroatoms. The molecule has 0 aliphatic carbocycles. The number of rotatable bonds is 4. The third kappa shape index (κ3) is 2.50. The molecular weight excluding hydrogens is 220 g/mol. The maximum atomic E-state index is 12.0. The number of fused-ring (bicyclic) bond motifs is 1. The van der Waals surface area contributed by atoms with Crippen LogP contribution in [0.1, 0.15) is 12.8 Å². The fraction of sp³-hybridized carbons (Fsp3) is 0.250. The predicted molar refractivity (Wildman–Crippen MR) is 62.9 cm³/mol. The van der Waals surface area contributed by atoms with Crippen molar-refractivity contribution in [2.45, 2.75) is 19.4 Å². The van der Waals surface area contributed by atoms with E-state index in [0.29, 0.717) is 18.4 Å². The Hall–Kier alpha value is -2.17. The molecule has 17 heavy (non-hydrogen) atoms. The van der Waals surface area contributed by atoms with Crippen LogP contribution in [0.5, 0.6) is 0 Å². The average Bonchev–Trinajstić information content (AvgIpc) is 2.32. The van der Waals surface area contributed by atoms with Gasteiger partial charge in [-0.2, -0.15) is 5.10 Å². The third-order valence-corrected chi connectivity index (χ3v) is 2.52. The van der Waals surface area contributed by atoms with Gasteiger partial charge in [-0.1, -0.05) is 18.2 Å². The van der Waals surface area contributed by atoms with E-state index in [1.54, 1.807) is 18.3 Å². The van der Waals surface area contributed by atoms with Gasteiger partial charge in [0.1, 0.15) is 0 Å². The Morgan fingerprint density at radius 1 is 1.35 bits per heavy atom. The molecule has 0 aliphatic rings. The van der Waals surface area contributed by atoms with Gasteiger partial charge >= 0.3 is 5.97 Å². The first-order chi connectivity index (χ1) is 8.18. The standard InChI is InChI=1S/C12H12N2O3/c15-11(16)6-3-7-14-12(17)10-5-2-1-4-9(10)8-13-14/h1-2,4-5,8H,3,6-7H2,(H,15,16).